The fourth-order valence-electron chi connectivity index (χ4n) is 7.59. The Kier molecular flexibility index (Phi) is 6.33. The fraction of sp³-hybridized carbons (Fsp3) is 0.0377. The van der Waals surface area contributed by atoms with Crippen LogP contribution in [0.15, 0.2) is 194 Å². The minimum absolute atomic E-state index is 0.0741. The van der Waals surface area contributed by atoms with E-state index >= 15 is 0 Å². The van der Waals surface area contributed by atoms with Crippen LogP contribution in [0.25, 0.3) is 89.8 Å². The highest BCUT2D eigenvalue weighted by Crippen LogP contribution is 2.45. The number of nitrogens with zero attached hydrogens (tertiary/aromatic N) is 3. The maximum atomic E-state index is 8.88. The molecule has 0 unspecified atom stereocenters. The molecule has 0 saturated carbocycles. The summed E-state index contributed by atoms with van der Waals surface area (Å²) in [5.74, 6) is -0.362. The van der Waals surface area contributed by atoms with Crippen molar-refractivity contribution in [2.24, 2.45) is 0 Å². The van der Waals surface area contributed by atoms with E-state index in [1.165, 1.54) is 29.2 Å². The molecule has 1 aliphatic carbocycles. The van der Waals surface area contributed by atoms with E-state index in [0.29, 0.717) is 12.0 Å². The van der Waals surface area contributed by atoms with Crippen LogP contribution >= 0.6 is 0 Å². The zero-order valence-electron chi connectivity index (χ0n) is 39.3. The number of aromatic nitrogens is 3. The highest BCUT2D eigenvalue weighted by molar-refractivity contribution is 5.90. The van der Waals surface area contributed by atoms with Gasteiger partial charge in [0.25, 0.3) is 0 Å². The van der Waals surface area contributed by atoms with Gasteiger partial charge in [0.1, 0.15) is 0 Å². The molecule has 0 bridgehead atoms. The Morgan fingerprint density at radius 2 is 0.857 bits per heavy atom. The van der Waals surface area contributed by atoms with E-state index in [1.54, 1.807) is 6.07 Å². The molecule has 0 N–H and O–H groups in total. The summed E-state index contributed by atoms with van der Waals surface area (Å²) in [5.41, 5.74) is 13.7. The van der Waals surface area contributed by atoms with Crippen LogP contribution in [0, 0.1) is 6.92 Å². The molecule has 0 saturated heterocycles. The van der Waals surface area contributed by atoms with Gasteiger partial charge in [-0.2, -0.15) is 0 Å². The summed E-state index contributed by atoms with van der Waals surface area (Å²) in [6.45, 7) is 1.51. The molecule has 1 heterocycles. The van der Waals surface area contributed by atoms with E-state index in [9.17, 15) is 0 Å². The van der Waals surface area contributed by atoms with E-state index in [0.717, 1.165) is 44.5 Å². The lowest BCUT2D eigenvalue weighted by Gasteiger charge is -2.12. The molecule has 8 aromatic carbocycles. The Morgan fingerprint density at radius 1 is 0.375 bits per heavy atom. The van der Waals surface area contributed by atoms with Crippen molar-refractivity contribution in [1.29, 1.82) is 0 Å². The summed E-state index contributed by atoms with van der Waals surface area (Å²) < 4.78 is 76.7. The van der Waals surface area contributed by atoms with E-state index < -0.39 is 42.3 Å². The Balaban J connectivity index is 1.04. The molecule has 0 fully saturated rings. The van der Waals surface area contributed by atoms with Crippen LogP contribution in [0.4, 0.5) is 0 Å². The van der Waals surface area contributed by atoms with E-state index in [-0.39, 0.29) is 46.2 Å². The summed E-state index contributed by atoms with van der Waals surface area (Å²) in [6, 6.07) is 43.9. The van der Waals surface area contributed by atoms with Crippen LogP contribution in [-0.2, 0) is 6.42 Å². The summed E-state index contributed by atoms with van der Waals surface area (Å²) >= 11 is 0. The monoisotopic (exact) mass is 724 g/mol. The molecule has 3 heteroatoms. The standard InChI is InChI=1S/C53H37N3/c1-35-13-8-21-43(31-35)52-54-51(39-16-6-3-7-17-39)55-53(56-52)44-22-10-20-42(33-44)46-24-12-26-48-47-25-11-23-45(49(47)34-50(46)48)38-29-27-37(28-30-38)41-19-9-18-40(32-41)36-14-4-2-5-15-36/h2-33H,34H2,1H3/i3D,6D,7D,8D,13D,16D,17D,21D,31D. The Hall–Kier alpha value is -7.23. The van der Waals surface area contributed by atoms with Crippen molar-refractivity contribution in [3.63, 3.8) is 0 Å². The quantitative estimate of drug-likeness (QED) is 0.164. The molecular formula is C53H37N3. The van der Waals surface area contributed by atoms with Gasteiger partial charge < -0.3 is 0 Å². The van der Waals surface area contributed by atoms with Gasteiger partial charge in [0.05, 0.1) is 12.3 Å². The lowest BCUT2D eigenvalue weighted by Crippen LogP contribution is -2.00. The Bertz CT molecular complexity index is 3260. The molecule has 10 rings (SSSR count). The first-order valence-corrected chi connectivity index (χ1v) is 18.4. The molecule has 0 aliphatic heterocycles. The van der Waals surface area contributed by atoms with Crippen molar-refractivity contribution in [3.8, 4) is 89.8 Å². The SMILES string of the molecule is [2H]c1c([2H])c([2H])c(-c2nc(-c3cccc(-c4cccc5c4Cc4c(-c6ccc(-c7cccc(-c8ccccc8)c7)cc6)cccc4-5)c3)nc(-c3c([2H])c([2H])c([2H])c(C)c3[2H])n2)c([2H])c1[2H]. The highest BCUT2D eigenvalue weighted by Gasteiger charge is 2.25. The van der Waals surface area contributed by atoms with Crippen LogP contribution < -0.4 is 0 Å². The van der Waals surface area contributed by atoms with Crippen LogP contribution in [-0.4, -0.2) is 15.0 Å². The van der Waals surface area contributed by atoms with Crippen LogP contribution in [0.1, 0.15) is 29.0 Å². The van der Waals surface area contributed by atoms with Gasteiger partial charge >= 0.3 is 0 Å². The third-order valence-electron chi connectivity index (χ3n) is 10.3. The zero-order chi connectivity index (χ0) is 45.3. The first-order valence-electron chi connectivity index (χ1n) is 22.9. The largest absolute Gasteiger partial charge is 0.208 e. The number of hydrogen-bond acceptors (Lipinski definition) is 3. The van der Waals surface area contributed by atoms with Gasteiger partial charge in [0, 0.05) is 16.7 Å². The smallest absolute Gasteiger partial charge is 0.164 e. The van der Waals surface area contributed by atoms with Crippen LogP contribution in [0.2, 0.25) is 0 Å². The first-order chi connectivity index (χ1) is 31.4. The van der Waals surface area contributed by atoms with E-state index in [4.69, 9.17) is 17.3 Å². The van der Waals surface area contributed by atoms with Gasteiger partial charge in [-0.25, -0.2) is 15.0 Å². The maximum absolute atomic E-state index is 8.88. The molecule has 56 heavy (non-hydrogen) atoms. The summed E-state index contributed by atoms with van der Waals surface area (Å²) in [5, 5.41) is 0. The number of fused-ring (bicyclic) bond motifs is 3. The summed E-state index contributed by atoms with van der Waals surface area (Å²) in [6.07, 6.45) is 0.691. The molecule has 3 nitrogen and oxygen atoms in total. The molecule has 9 aromatic rings. The molecule has 0 spiro atoms. The number of rotatable bonds is 7. The van der Waals surface area contributed by atoms with Crippen molar-refractivity contribution in [3.05, 3.63) is 211 Å². The predicted molar refractivity (Wildman–Crippen MR) is 231 cm³/mol. The molecule has 1 aromatic heterocycles. The van der Waals surface area contributed by atoms with Gasteiger partial charge in [-0.1, -0.05) is 181 Å². The van der Waals surface area contributed by atoms with Crippen LogP contribution in [0.3, 0.4) is 0 Å². The fourth-order valence-corrected chi connectivity index (χ4v) is 7.59. The normalized spacial score (nSPS) is 13.8. The third-order valence-corrected chi connectivity index (χ3v) is 10.3. The van der Waals surface area contributed by atoms with Crippen molar-refractivity contribution in [2.75, 3.05) is 0 Å². The van der Waals surface area contributed by atoms with Gasteiger partial charge in [0.15, 0.2) is 17.5 Å². The zero-order valence-corrected chi connectivity index (χ0v) is 30.3. The minimum atomic E-state index is -0.572. The molecular weight excluding hydrogens is 679 g/mol. The van der Waals surface area contributed by atoms with Crippen molar-refractivity contribution < 1.29 is 12.3 Å². The van der Waals surface area contributed by atoms with Crippen LogP contribution in [0.5, 0.6) is 0 Å². The topological polar surface area (TPSA) is 38.7 Å². The first kappa shape index (κ1) is 25.0. The maximum Gasteiger partial charge on any atom is 0.164 e. The van der Waals surface area contributed by atoms with E-state index in [1.807, 2.05) is 30.3 Å². The van der Waals surface area contributed by atoms with Gasteiger partial charge in [-0.05, 0) is 98.3 Å². The van der Waals surface area contributed by atoms with Gasteiger partial charge in [-0.15, -0.1) is 0 Å². The average molecular weight is 725 g/mol. The highest BCUT2D eigenvalue weighted by atomic mass is 15.0. The molecule has 0 radical (unpaired) electrons. The second-order valence-corrected chi connectivity index (χ2v) is 13.8. The second kappa shape index (κ2) is 14.2. The number of benzene rings is 8. The molecule has 0 atom stereocenters. The Morgan fingerprint density at radius 3 is 1.55 bits per heavy atom. The minimum Gasteiger partial charge on any atom is -0.208 e. The van der Waals surface area contributed by atoms with Crippen molar-refractivity contribution >= 4 is 0 Å². The molecule has 1 aliphatic rings. The number of hydrogen-bond donors (Lipinski definition) is 0. The lowest BCUT2D eigenvalue weighted by molar-refractivity contribution is 1.07. The second-order valence-electron chi connectivity index (χ2n) is 13.8. The lowest BCUT2D eigenvalue weighted by atomic mass is 9.93. The van der Waals surface area contributed by atoms with Crippen molar-refractivity contribution in [1.82, 2.24) is 15.0 Å². The third kappa shape index (κ3) is 6.29. The molecule has 264 valence electrons. The molecule has 0 amide bonds. The van der Waals surface area contributed by atoms with E-state index in [2.05, 4.69) is 113 Å². The summed E-state index contributed by atoms with van der Waals surface area (Å²) in [4.78, 5) is 13.9. The Labute approximate surface area is 340 Å². The average Bonchev–Trinajstić information content (AvgIpc) is 3.74. The van der Waals surface area contributed by atoms with Gasteiger partial charge in [-0.3, -0.25) is 0 Å². The summed E-state index contributed by atoms with van der Waals surface area (Å²) in [7, 11) is 0. The van der Waals surface area contributed by atoms with Crippen molar-refractivity contribution in [2.45, 2.75) is 13.3 Å². The predicted octanol–water partition coefficient (Wildman–Crippen LogP) is 13.4. The van der Waals surface area contributed by atoms with Gasteiger partial charge in [0.2, 0.25) is 0 Å².